The van der Waals surface area contributed by atoms with Crippen molar-refractivity contribution in [2.75, 3.05) is 5.32 Å². The highest BCUT2D eigenvalue weighted by atomic mass is 32.2. The summed E-state index contributed by atoms with van der Waals surface area (Å²) in [5.74, 6) is 1.45. The molecule has 0 aliphatic heterocycles. The topological polar surface area (TPSA) is 104 Å². The lowest BCUT2D eigenvalue weighted by atomic mass is 10.2. The molecule has 1 amide bonds. The number of benzene rings is 2. The second-order valence-electron chi connectivity index (χ2n) is 7.55. The normalized spacial score (nSPS) is 11.5. The van der Waals surface area contributed by atoms with Crippen LogP contribution in [0.3, 0.4) is 0 Å². The highest BCUT2D eigenvalue weighted by molar-refractivity contribution is 7.98. The summed E-state index contributed by atoms with van der Waals surface area (Å²) in [5.41, 5.74) is 1.57. The molecule has 0 saturated carbocycles. The fraction of sp³-hybridized carbons (Fsp3) is 0.154. The Labute approximate surface area is 206 Å². The van der Waals surface area contributed by atoms with Crippen molar-refractivity contribution in [2.45, 2.75) is 30.7 Å². The van der Waals surface area contributed by atoms with E-state index in [0.29, 0.717) is 33.7 Å². The van der Waals surface area contributed by atoms with Gasteiger partial charge in [-0.05, 0) is 62.4 Å². The fourth-order valence-electron chi connectivity index (χ4n) is 3.04. The fourth-order valence-corrected chi connectivity index (χ4v) is 3.90. The first-order valence-electron chi connectivity index (χ1n) is 10.8. The Morgan fingerprint density at radius 2 is 1.77 bits per heavy atom. The summed E-state index contributed by atoms with van der Waals surface area (Å²) in [5, 5.41) is 7.17. The Bertz CT molecular complexity index is 1290. The third kappa shape index (κ3) is 6.70. The number of aryl methyl sites for hydroxylation is 1. The summed E-state index contributed by atoms with van der Waals surface area (Å²) in [6, 6.07) is 21.4. The number of nitrogens with zero attached hydrogens (tertiary/aromatic N) is 2. The second-order valence-corrected chi connectivity index (χ2v) is 8.51. The van der Waals surface area contributed by atoms with Gasteiger partial charge in [-0.2, -0.15) is 0 Å². The van der Waals surface area contributed by atoms with Gasteiger partial charge in [-0.1, -0.05) is 35.1 Å². The number of thioether (sulfide) groups is 1. The maximum atomic E-state index is 12.8. The molecule has 2 aromatic heterocycles. The van der Waals surface area contributed by atoms with E-state index in [1.54, 1.807) is 42.6 Å². The molecule has 1 N–H and O–H groups in total. The highest BCUT2D eigenvalue weighted by Crippen LogP contribution is 2.25. The number of hydrogen-bond acceptors (Lipinski definition) is 8. The number of para-hydroxylation sites is 1. The predicted molar refractivity (Wildman–Crippen MR) is 132 cm³/mol. The van der Waals surface area contributed by atoms with Crippen molar-refractivity contribution in [3.8, 4) is 11.5 Å². The van der Waals surface area contributed by atoms with Crippen molar-refractivity contribution in [3.05, 3.63) is 96.0 Å². The number of rotatable bonds is 9. The smallest absolute Gasteiger partial charge is 0.341 e. The van der Waals surface area contributed by atoms with E-state index in [9.17, 15) is 9.59 Å². The number of ether oxygens (including phenoxy) is 2. The zero-order valence-electron chi connectivity index (χ0n) is 19.1. The standard InChI is InChI=1S/C26H23N3O5S/c1-17-15-20(29-34-17)16-35-25-23(9-6-14-27-25)26(31)32-18(2)24(30)28-19-10-12-22(13-11-19)33-21-7-4-3-5-8-21/h3-15,18H,16H2,1-2H3,(H,28,30). The minimum Gasteiger partial charge on any atom is -0.457 e. The van der Waals surface area contributed by atoms with Crippen molar-refractivity contribution in [3.63, 3.8) is 0 Å². The largest absolute Gasteiger partial charge is 0.457 e. The molecule has 0 bridgehead atoms. The maximum absolute atomic E-state index is 12.8. The minimum absolute atomic E-state index is 0.278. The summed E-state index contributed by atoms with van der Waals surface area (Å²) < 4.78 is 16.2. The molecule has 9 heteroatoms. The zero-order chi connectivity index (χ0) is 24.6. The number of carbonyl (C=O) groups is 2. The predicted octanol–water partition coefficient (Wildman–Crippen LogP) is 5.65. The summed E-state index contributed by atoms with van der Waals surface area (Å²) in [6.45, 7) is 3.32. The highest BCUT2D eigenvalue weighted by Gasteiger charge is 2.22. The van der Waals surface area contributed by atoms with Crippen LogP contribution in [0.25, 0.3) is 0 Å². The molecule has 1 unspecified atom stereocenters. The van der Waals surface area contributed by atoms with Gasteiger partial charge in [0.2, 0.25) is 0 Å². The number of pyridine rings is 1. The van der Waals surface area contributed by atoms with Crippen molar-refractivity contribution >= 4 is 29.3 Å². The number of aromatic nitrogens is 2. The van der Waals surface area contributed by atoms with Crippen molar-refractivity contribution in [1.82, 2.24) is 10.1 Å². The molecule has 1 atom stereocenters. The van der Waals surface area contributed by atoms with Crippen LogP contribution in [0.2, 0.25) is 0 Å². The average molecular weight is 490 g/mol. The maximum Gasteiger partial charge on any atom is 0.341 e. The van der Waals surface area contributed by atoms with Crippen LogP contribution in [0.1, 0.15) is 28.7 Å². The van der Waals surface area contributed by atoms with Crippen LogP contribution in [-0.4, -0.2) is 28.1 Å². The molecule has 0 fully saturated rings. The number of carbonyl (C=O) groups excluding carboxylic acids is 2. The molecule has 0 spiro atoms. The Morgan fingerprint density at radius 3 is 2.49 bits per heavy atom. The molecule has 0 aliphatic carbocycles. The summed E-state index contributed by atoms with van der Waals surface area (Å²) in [4.78, 5) is 29.6. The first kappa shape index (κ1) is 24.0. The SMILES string of the molecule is Cc1cc(CSc2ncccc2C(=O)OC(C)C(=O)Nc2ccc(Oc3ccccc3)cc2)no1. The van der Waals surface area contributed by atoms with Crippen molar-refractivity contribution in [2.24, 2.45) is 0 Å². The molecule has 2 aromatic carbocycles. The van der Waals surface area contributed by atoms with E-state index in [0.717, 1.165) is 5.69 Å². The van der Waals surface area contributed by atoms with E-state index in [4.69, 9.17) is 14.0 Å². The molecule has 4 rings (SSSR count). The summed E-state index contributed by atoms with van der Waals surface area (Å²) in [6.07, 6.45) is 0.577. The van der Waals surface area contributed by atoms with Crippen LogP contribution in [-0.2, 0) is 15.3 Å². The molecule has 0 radical (unpaired) electrons. The lowest BCUT2D eigenvalue weighted by molar-refractivity contribution is -0.123. The van der Waals surface area contributed by atoms with Crippen LogP contribution in [0.5, 0.6) is 11.5 Å². The van der Waals surface area contributed by atoms with Crippen molar-refractivity contribution in [1.29, 1.82) is 0 Å². The number of anilines is 1. The molecule has 35 heavy (non-hydrogen) atoms. The number of amides is 1. The van der Waals surface area contributed by atoms with Crippen LogP contribution < -0.4 is 10.1 Å². The van der Waals surface area contributed by atoms with Gasteiger partial charge in [0.15, 0.2) is 6.10 Å². The monoisotopic (exact) mass is 489 g/mol. The molecule has 0 saturated heterocycles. The average Bonchev–Trinajstić information content (AvgIpc) is 3.29. The van der Waals surface area contributed by atoms with E-state index in [1.807, 2.05) is 43.3 Å². The van der Waals surface area contributed by atoms with Crippen LogP contribution in [0.4, 0.5) is 5.69 Å². The molecule has 2 heterocycles. The third-order valence-corrected chi connectivity index (χ3v) is 5.82. The van der Waals surface area contributed by atoms with Crippen LogP contribution in [0.15, 0.2) is 88.5 Å². The summed E-state index contributed by atoms with van der Waals surface area (Å²) >= 11 is 1.33. The van der Waals surface area contributed by atoms with E-state index < -0.39 is 18.0 Å². The van der Waals surface area contributed by atoms with Gasteiger partial charge >= 0.3 is 5.97 Å². The number of hydrogen-bond donors (Lipinski definition) is 1. The summed E-state index contributed by atoms with van der Waals surface area (Å²) in [7, 11) is 0. The zero-order valence-corrected chi connectivity index (χ0v) is 20.0. The van der Waals surface area contributed by atoms with Gasteiger partial charge < -0.3 is 19.3 Å². The lowest BCUT2D eigenvalue weighted by Gasteiger charge is -2.15. The van der Waals surface area contributed by atoms with Gasteiger partial charge in [0.05, 0.1) is 11.3 Å². The van der Waals surface area contributed by atoms with Crippen LogP contribution in [0, 0.1) is 6.92 Å². The van der Waals surface area contributed by atoms with Gasteiger partial charge in [-0.3, -0.25) is 4.79 Å². The second kappa shape index (κ2) is 11.3. The molecule has 178 valence electrons. The molecule has 8 nitrogen and oxygen atoms in total. The molecular formula is C26H23N3O5S. The van der Waals surface area contributed by atoms with Crippen LogP contribution >= 0.6 is 11.8 Å². The Morgan fingerprint density at radius 1 is 1.03 bits per heavy atom. The van der Waals surface area contributed by atoms with Crippen molar-refractivity contribution < 1.29 is 23.6 Å². The van der Waals surface area contributed by atoms with Gasteiger partial charge in [0.1, 0.15) is 22.3 Å². The van der Waals surface area contributed by atoms with Gasteiger partial charge in [0.25, 0.3) is 5.91 Å². The Kier molecular flexibility index (Phi) is 7.79. The molecular weight excluding hydrogens is 466 g/mol. The Hall–Kier alpha value is -4.11. The molecule has 0 aliphatic rings. The van der Waals surface area contributed by atoms with Gasteiger partial charge in [0, 0.05) is 23.7 Å². The lowest BCUT2D eigenvalue weighted by Crippen LogP contribution is -2.30. The molecule has 4 aromatic rings. The quantitative estimate of drug-likeness (QED) is 0.238. The number of esters is 1. The minimum atomic E-state index is -1.01. The number of nitrogens with one attached hydrogen (secondary N) is 1. The Balaban J connectivity index is 1.32. The van der Waals surface area contributed by atoms with E-state index >= 15 is 0 Å². The van der Waals surface area contributed by atoms with Gasteiger partial charge in [-0.25, -0.2) is 9.78 Å². The third-order valence-electron chi connectivity index (χ3n) is 4.78. The van der Waals surface area contributed by atoms with E-state index in [-0.39, 0.29) is 5.56 Å². The first-order chi connectivity index (χ1) is 17.0. The van der Waals surface area contributed by atoms with E-state index in [1.165, 1.54) is 18.7 Å². The van der Waals surface area contributed by atoms with Gasteiger partial charge in [-0.15, -0.1) is 0 Å². The first-order valence-corrected chi connectivity index (χ1v) is 11.8. The van der Waals surface area contributed by atoms with E-state index in [2.05, 4.69) is 15.5 Å².